The van der Waals surface area contributed by atoms with Crippen LogP contribution < -0.4 is 15.8 Å². The van der Waals surface area contributed by atoms with Gasteiger partial charge in [-0.2, -0.15) is 13.2 Å². The normalized spacial score (nSPS) is 16.3. The number of nitrogens with zero attached hydrogens (tertiary/aromatic N) is 3. The molecule has 0 saturated heterocycles. The molecule has 7 nitrogen and oxygen atoms in total. The van der Waals surface area contributed by atoms with Crippen molar-refractivity contribution in [2.75, 3.05) is 6.54 Å². The van der Waals surface area contributed by atoms with Crippen LogP contribution in [0.2, 0.25) is 0 Å². The summed E-state index contributed by atoms with van der Waals surface area (Å²) in [6.45, 7) is 4.13. The van der Waals surface area contributed by atoms with E-state index < -0.39 is 23.9 Å². The van der Waals surface area contributed by atoms with E-state index in [9.17, 15) is 18.0 Å². The van der Waals surface area contributed by atoms with Gasteiger partial charge in [0.15, 0.2) is 0 Å². The number of amides is 1. The molecular weight excluding hydrogens is 503 g/mol. The van der Waals surface area contributed by atoms with E-state index in [4.69, 9.17) is 10.5 Å². The van der Waals surface area contributed by atoms with Crippen LogP contribution in [0, 0.1) is 6.92 Å². The second-order valence-corrected chi connectivity index (χ2v) is 10.7. The molecular formula is C26H30F3N5O2S. The maximum Gasteiger partial charge on any atom is 0.451 e. The van der Waals surface area contributed by atoms with Crippen molar-refractivity contribution in [2.45, 2.75) is 70.2 Å². The maximum atomic E-state index is 13.3. The first-order valence-electron chi connectivity index (χ1n) is 12.3. The topological polar surface area (TPSA) is 103 Å². The van der Waals surface area contributed by atoms with Gasteiger partial charge in [-0.05, 0) is 70.7 Å². The number of alkyl halides is 3. The molecule has 1 aliphatic rings. The predicted octanol–water partition coefficient (Wildman–Crippen LogP) is 5.85. The Bertz CT molecular complexity index is 1220. The fraction of sp³-hybridized carbons (Fsp3) is 0.462. The lowest BCUT2D eigenvalue weighted by Gasteiger charge is -2.37. The van der Waals surface area contributed by atoms with Gasteiger partial charge in [0, 0.05) is 40.2 Å². The van der Waals surface area contributed by atoms with Crippen LogP contribution >= 0.6 is 11.3 Å². The summed E-state index contributed by atoms with van der Waals surface area (Å²) < 4.78 is 45.0. The summed E-state index contributed by atoms with van der Waals surface area (Å²) in [5, 5.41) is 3.59. The van der Waals surface area contributed by atoms with Gasteiger partial charge in [0.25, 0.3) is 5.91 Å². The quantitative estimate of drug-likeness (QED) is 0.377. The Kier molecular flexibility index (Phi) is 8.13. The molecule has 0 spiro atoms. The number of carbonyl (C=O) groups is 1. The average Bonchev–Trinajstić information content (AvgIpc) is 3.30. The van der Waals surface area contributed by atoms with Crippen LogP contribution in [-0.2, 0) is 6.18 Å². The molecule has 1 atom stereocenters. The minimum absolute atomic E-state index is 0.355. The Morgan fingerprint density at radius 3 is 2.43 bits per heavy atom. The van der Waals surface area contributed by atoms with E-state index in [-0.39, 0.29) is 5.60 Å². The lowest BCUT2D eigenvalue weighted by atomic mass is 9.82. The van der Waals surface area contributed by atoms with Gasteiger partial charge in [-0.15, -0.1) is 11.3 Å². The molecule has 0 unspecified atom stereocenters. The molecule has 1 fully saturated rings. The van der Waals surface area contributed by atoms with Gasteiger partial charge in [-0.3, -0.25) is 4.79 Å². The number of benzene rings is 1. The van der Waals surface area contributed by atoms with Crippen LogP contribution in [0.3, 0.4) is 0 Å². The van der Waals surface area contributed by atoms with Gasteiger partial charge in [0.1, 0.15) is 16.4 Å². The second-order valence-electron chi connectivity index (χ2n) is 9.44. The number of rotatable bonds is 8. The number of carbonyl (C=O) groups excluding carboxylic acids is 1. The molecule has 2 aromatic heterocycles. The summed E-state index contributed by atoms with van der Waals surface area (Å²) in [5.74, 6) is -1.06. The van der Waals surface area contributed by atoms with Crippen molar-refractivity contribution in [3.05, 3.63) is 58.6 Å². The number of nitrogens with one attached hydrogen (secondary N) is 1. The molecule has 1 aromatic carbocycles. The van der Waals surface area contributed by atoms with Crippen LogP contribution in [0.5, 0.6) is 5.75 Å². The zero-order valence-corrected chi connectivity index (χ0v) is 21.6. The maximum absolute atomic E-state index is 13.3. The highest BCUT2D eigenvalue weighted by Gasteiger charge is 2.35. The second kappa shape index (κ2) is 11.1. The van der Waals surface area contributed by atoms with Crippen molar-refractivity contribution >= 4 is 17.2 Å². The number of halogens is 3. The first kappa shape index (κ1) is 27.0. The zero-order valence-electron chi connectivity index (χ0n) is 20.8. The summed E-state index contributed by atoms with van der Waals surface area (Å²) in [5.41, 5.74) is 7.02. The van der Waals surface area contributed by atoms with Crippen molar-refractivity contribution in [1.82, 2.24) is 20.3 Å². The molecule has 3 aromatic rings. The Balaban J connectivity index is 1.61. The summed E-state index contributed by atoms with van der Waals surface area (Å²) in [7, 11) is 0. The number of aromatic nitrogens is 3. The Morgan fingerprint density at radius 1 is 1.14 bits per heavy atom. The van der Waals surface area contributed by atoms with E-state index in [0.29, 0.717) is 23.4 Å². The molecule has 0 aliphatic heterocycles. The number of hydrogen-bond acceptors (Lipinski definition) is 7. The highest BCUT2D eigenvalue weighted by Crippen LogP contribution is 2.38. The molecule has 198 valence electrons. The van der Waals surface area contributed by atoms with Crippen molar-refractivity contribution in [2.24, 2.45) is 5.73 Å². The van der Waals surface area contributed by atoms with Gasteiger partial charge in [0.05, 0.1) is 6.04 Å². The van der Waals surface area contributed by atoms with Crippen LogP contribution in [0.25, 0.3) is 10.6 Å². The third kappa shape index (κ3) is 6.64. The van der Waals surface area contributed by atoms with Crippen molar-refractivity contribution in [3.63, 3.8) is 0 Å². The van der Waals surface area contributed by atoms with Crippen LogP contribution in [-0.4, -0.2) is 33.0 Å². The van der Waals surface area contributed by atoms with Crippen molar-refractivity contribution in [1.29, 1.82) is 0 Å². The molecule has 4 rings (SSSR count). The fourth-order valence-corrected chi connectivity index (χ4v) is 5.34. The standard InChI is InChI=1S/C26H30F3N5O2S/c1-16-13-31-23(37-16)19-10-18(11-21(12-19)36-25(8-9-30)6-4-3-5-7-25)22(35)34-17(2)20-14-32-24(33-15-20)26(27,28)29/h10-15,17H,3-9,30H2,1-2H3,(H,34,35)/t17-/m1/s1. The average molecular weight is 534 g/mol. The summed E-state index contributed by atoms with van der Waals surface area (Å²) in [6.07, 6.45) is 5.10. The number of thiazole rings is 1. The summed E-state index contributed by atoms with van der Waals surface area (Å²) >= 11 is 1.51. The zero-order chi connectivity index (χ0) is 26.6. The van der Waals surface area contributed by atoms with E-state index >= 15 is 0 Å². The van der Waals surface area contributed by atoms with Crippen LogP contribution in [0.1, 0.15) is 78.1 Å². The first-order valence-corrected chi connectivity index (χ1v) is 13.1. The molecule has 0 bridgehead atoms. The first-order chi connectivity index (χ1) is 17.6. The van der Waals surface area contributed by atoms with Gasteiger partial charge in [-0.25, -0.2) is 15.0 Å². The highest BCUT2D eigenvalue weighted by atomic mass is 32.1. The van der Waals surface area contributed by atoms with Crippen LogP contribution in [0.15, 0.2) is 36.8 Å². The van der Waals surface area contributed by atoms with E-state index in [1.54, 1.807) is 25.3 Å². The lowest BCUT2D eigenvalue weighted by Crippen LogP contribution is -2.40. The van der Waals surface area contributed by atoms with Crippen LogP contribution in [0.4, 0.5) is 13.2 Å². The summed E-state index contributed by atoms with van der Waals surface area (Å²) in [4.78, 5) is 25.5. The van der Waals surface area contributed by atoms with E-state index in [1.807, 2.05) is 13.0 Å². The van der Waals surface area contributed by atoms with Gasteiger partial charge < -0.3 is 15.8 Å². The molecule has 2 heterocycles. The third-order valence-corrected chi connectivity index (χ3v) is 7.47. The van der Waals surface area contributed by atoms with Gasteiger partial charge in [-0.1, -0.05) is 6.42 Å². The number of hydrogen-bond donors (Lipinski definition) is 2. The van der Waals surface area contributed by atoms with Gasteiger partial charge >= 0.3 is 6.18 Å². The van der Waals surface area contributed by atoms with E-state index in [0.717, 1.165) is 66.4 Å². The fourth-order valence-electron chi connectivity index (χ4n) is 4.58. The molecule has 11 heteroatoms. The molecule has 0 radical (unpaired) electrons. The van der Waals surface area contributed by atoms with Crippen molar-refractivity contribution < 1.29 is 22.7 Å². The Morgan fingerprint density at radius 2 is 1.84 bits per heavy atom. The highest BCUT2D eigenvalue weighted by molar-refractivity contribution is 7.14. The van der Waals surface area contributed by atoms with Crippen molar-refractivity contribution in [3.8, 4) is 16.3 Å². The largest absolute Gasteiger partial charge is 0.487 e. The van der Waals surface area contributed by atoms with Gasteiger partial charge in [0.2, 0.25) is 5.82 Å². The predicted molar refractivity (Wildman–Crippen MR) is 135 cm³/mol. The molecule has 3 N–H and O–H groups in total. The Hall–Kier alpha value is -3.05. The monoisotopic (exact) mass is 533 g/mol. The number of ether oxygens (including phenoxy) is 1. The molecule has 1 aliphatic carbocycles. The minimum atomic E-state index is -4.63. The summed E-state index contributed by atoms with van der Waals surface area (Å²) in [6, 6.07) is 4.72. The molecule has 37 heavy (non-hydrogen) atoms. The third-order valence-electron chi connectivity index (χ3n) is 6.51. The molecule has 1 amide bonds. The van der Waals surface area contributed by atoms with E-state index in [2.05, 4.69) is 20.3 Å². The smallest absolute Gasteiger partial charge is 0.451 e. The van der Waals surface area contributed by atoms with E-state index in [1.165, 1.54) is 11.3 Å². The lowest BCUT2D eigenvalue weighted by molar-refractivity contribution is -0.145. The number of nitrogens with two attached hydrogens (primary N) is 1. The number of aryl methyl sites for hydroxylation is 1. The molecule has 1 saturated carbocycles. The SMILES string of the molecule is Cc1cnc(-c2cc(OC3(CCN)CCCCC3)cc(C(=O)N[C@H](C)c3cnc(C(F)(F)F)nc3)c2)s1. The minimum Gasteiger partial charge on any atom is -0.487 e. The Labute approximate surface area is 217 Å².